The Balaban J connectivity index is 2.18. The maximum atomic E-state index is 12.3. The Hall–Kier alpha value is -1.75. The number of benzene rings is 1. The Morgan fingerprint density at radius 1 is 1.40 bits per heavy atom. The molecule has 0 bridgehead atoms. The topological polar surface area (TPSA) is 95.6 Å². The highest BCUT2D eigenvalue weighted by Gasteiger charge is 2.38. The standard InChI is InChI=1S/C15H22N2O3/c1-10-4-2-3-7-15(10,9-16)17-14(20)11-5-6-12(18)13(19)8-11/h5-6,8,10,18-19H,2-4,7,9,16H2,1H3,(H,17,20). The van der Waals surface area contributed by atoms with Crippen molar-refractivity contribution in [3.8, 4) is 11.5 Å². The number of nitrogens with two attached hydrogens (primary N) is 1. The predicted octanol–water partition coefficient (Wildman–Crippen LogP) is 1.74. The van der Waals surface area contributed by atoms with Gasteiger partial charge in [-0.1, -0.05) is 19.8 Å². The van der Waals surface area contributed by atoms with Gasteiger partial charge in [-0.05, 0) is 37.0 Å². The molecule has 0 aromatic heterocycles. The Morgan fingerprint density at radius 2 is 2.15 bits per heavy atom. The van der Waals surface area contributed by atoms with Crippen molar-refractivity contribution in [1.29, 1.82) is 0 Å². The Kier molecular flexibility index (Phi) is 4.18. The van der Waals surface area contributed by atoms with Crippen LogP contribution in [0.4, 0.5) is 0 Å². The monoisotopic (exact) mass is 278 g/mol. The van der Waals surface area contributed by atoms with Crippen molar-refractivity contribution in [3.63, 3.8) is 0 Å². The van der Waals surface area contributed by atoms with Gasteiger partial charge in [0.15, 0.2) is 11.5 Å². The van der Waals surface area contributed by atoms with Gasteiger partial charge in [0.05, 0.1) is 5.54 Å². The number of hydrogen-bond donors (Lipinski definition) is 4. The SMILES string of the molecule is CC1CCCCC1(CN)NC(=O)c1ccc(O)c(O)c1. The average molecular weight is 278 g/mol. The van der Waals surface area contributed by atoms with E-state index in [9.17, 15) is 15.0 Å². The molecule has 0 heterocycles. The zero-order valence-electron chi connectivity index (χ0n) is 11.7. The maximum absolute atomic E-state index is 12.3. The lowest BCUT2D eigenvalue weighted by atomic mass is 9.73. The summed E-state index contributed by atoms with van der Waals surface area (Å²) < 4.78 is 0. The number of hydrogen-bond acceptors (Lipinski definition) is 4. The molecule has 1 aliphatic carbocycles. The number of rotatable bonds is 3. The summed E-state index contributed by atoms with van der Waals surface area (Å²) in [5.41, 5.74) is 5.86. The van der Waals surface area contributed by atoms with E-state index < -0.39 is 0 Å². The van der Waals surface area contributed by atoms with Gasteiger partial charge in [0.25, 0.3) is 5.91 Å². The second kappa shape index (κ2) is 5.71. The third-order valence-electron chi connectivity index (χ3n) is 4.42. The summed E-state index contributed by atoms with van der Waals surface area (Å²) in [6.07, 6.45) is 4.15. The minimum atomic E-state index is -0.372. The molecule has 1 aliphatic rings. The lowest BCUT2D eigenvalue weighted by molar-refractivity contribution is 0.0812. The van der Waals surface area contributed by atoms with Gasteiger partial charge in [0.1, 0.15) is 0 Å². The van der Waals surface area contributed by atoms with Crippen molar-refractivity contribution in [3.05, 3.63) is 23.8 Å². The van der Waals surface area contributed by atoms with Crippen LogP contribution in [0.25, 0.3) is 0 Å². The summed E-state index contributed by atoms with van der Waals surface area (Å²) >= 11 is 0. The Morgan fingerprint density at radius 3 is 2.75 bits per heavy atom. The minimum Gasteiger partial charge on any atom is -0.504 e. The van der Waals surface area contributed by atoms with Crippen molar-refractivity contribution in [1.82, 2.24) is 5.32 Å². The number of phenols is 2. The quantitative estimate of drug-likeness (QED) is 0.633. The summed E-state index contributed by atoms with van der Waals surface area (Å²) in [7, 11) is 0. The van der Waals surface area contributed by atoms with Gasteiger partial charge in [-0.3, -0.25) is 4.79 Å². The normalized spacial score (nSPS) is 26.2. The molecule has 2 unspecified atom stereocenters. The first-order valence-corrected chi connectivity index (χ1v) is 7.03. The highest BCUT2D eigenvalue weighted by atomic mass is 16.3. The summed E-state index contributed by atoms with van der Waals surface area (Å²) in [4.78, 5) is 12.3. The third kappa shape index (κ3) is 2.72. The van der Waals surface area contributed by atoms with Crippen LogP contribution in [0.5, 0.6) is 11.5 Å². The fraction of sp³-hybridized carbons (Fsp3) is 0.533. The van der Waals surface area contributed by atoms with Crippen LogP contribution in [0, 0.1) is 5.92 Å². The van der Waals surface area contributed by atoms with E-state index in [4.69, 9.17) is 5.73 Å². The molecule has 5 N–H and O–H groups in total. The van der Waals surface area contributed by atoms with Crippen molar-refractivity contribution in [2.24, 2.45) is 11.7 Å². The van der Waals surface area contributed by atoms with Gasteiger partial charge >= 0.3 is 0 Å². The van der Waals surface area contributed by atoms with Crippen LogP contribution < -0.4 is 11.1 Å². The smallest absolute Gasteiger partial charge is 0.251 e. The molecule has 5 heteroatoms. The van der Waals surface area contributed by atoms with E-state index in [0.29, 0.717) is 18.0 Å². The Bertz CT molecular complexity index is 504. The van der Waals surface area contributed by atoms with Gasteiger partial charge in [0.2, 0.25) is 0 Å². The highest BCUT2D eigenvalue weighted by molar-refractivity contribution is 5.95. The molecule has 0 spiro atoms. The lowest BCUT2D eigenvalue weighted by Crippen LogP contribution is -2.59. The zero-order valence-corrected chi connectivity index (χ0v) is 11.7. The second-order valence-corrected chi connectivity index (χ2v) is 5.66. The van der Waals surface area contributed by atoms with Gasteiger partial charge in [-0.2, -0.15) is 0 Å². The van der Waals surface area contributed by atoms with Crippen LogP contribution in [-0.2, 0) is 0 Å². The van der Waals surface area contributed by atoms with Crippen molar-refractivity contribution >= 4 is 5.91 Å². The number of carbonyl (C=O) groups is 1. The first-order valence-electron chi connectivity index (χ1n) is 7.03. The maximum Gasteiger partial charge on any atom is 0.251 e. The van der Waals surface area contributed by atoms with E-state index in [1.54, 1.807) is 0 Å². The molecule has 1 fully saturated rings. The van der Waals surface area contributed by atoms with Crippen molar-refractivity contribution < 1.29 is 15.0 Å². The molecule has 2 atom stereocenters. The number of amides is 1. The van der Waals surface area contributed by atoms with E-state index in [0.717, 1.165) is 19.3 Å². The summed E-state index contributed by atoms with van der Waals surface area (Å²) in [5, 5.41) is 21.8. The summed E-state index contributed by atoms with van der Waals surface area (Å²) in [6.45, 7) is 2.52. The molecule has 1 amide bonds. The third-order valence-corrected chi connectivity index (χ3v) is 4.42. The van der Waals surface area contributed by atoms with E-state index in [1.807, 2.05) is 0 Å². The molecule has 0 aliphatic heterocycles. The van der Waals surface area contributed by atoms with Crippen LogP contribution in [0.2, 0.25) is 0 Å². The van der Waals surface area contributed by atoms with Gasteiger partial charge in [0, 0.05) is 12.1 Å². The average Bonchev–Trinajstić information content (AvgIpc) is 2.44. The number of phenolic OH excluding ortho intramolecular Hbond substituents is 2. The molecule has 1 aromatic rings. The summed E-state index contributed by atoms with van der Waals surface area (Å²) in [6, 6.07) is 4.06. The number of aromatic hydroxyl groups is 2. The minimum absolute atomic E-state index is 0.235. The molecular weight excluding hydrogens is 256 g/mol. The Labute approximate surface area is 118 Å². The van der Waals surface area contributed by atoms with Gasteiger partial charge in [-0.15, -0.1) is 0 Å². The molecule has 110 valence electrons. The first-order chi connectivity index (χ1) is 9.48. The van der Waals surface area contributed by atoms with E-state index in [-0.39, 0.29) is 22.9 Å². The molecule has 1 aromatic carbocycles. The van der Waals surface area contributed by atoms with Crippen LogP contribution in [0.3, 0.4) is 0 Å². The van der Waals surface area contributed by atoms with Gasteiger partial charge in [-0.25, -0.2) is 0 Å². The van der Waals surface area contributed by atoms with Crippen LogP contribution in [-0.4, -0.2) is 28.2 Å². The summed E-state index contributed by atoms with van der Waals surface area (Å²) in [5.74, 6) is -0.465. The molecule has 2 rings (SSSR count). The number of nitrogens with one attached hydrogen (secondary N) is 1. The first kappa shape index (κ1) is 14.7. The van der Waals surface area contributed by atoms with E-state index in [2.05, 4.69) is 12.2 Å². The molecule has 0 saturated heterocycles. The van der Waals surface area contributed by atoms with Crippen LogP contribution >= 0.6 is 0 Å². The second-order valence-electron chi connectivity index (χ2n) is 5.66. The largest absolute Gasteiger partial charge is 0.504 e. The fourth-order valence-corrected chi connectivity index (χ4v) is 2.92. The van der Waals surface area contributed by atoms with Gasteiger partial charge < -0.3 is 21.3 Å². The highest BCUT2D eigenvalue weighted by Crippen LogP contribution is 2.33. The van der Waals surface area contributed by atoms with E-state index in [1.165, 1.54) is 24.6 Å². The molecule has 1 saturated carbocycles. The van der Waals surface area contributed by atoms with E-state index >= 15 is 0 Å². The molecule has 20 heavy (non-hydrogen) atoms. The molecule has 5 nitrogen and oxygen atoms in total. The van der Waals surface area contributed by atoms with Crippen LogP contribution in [0.1, 0.15) is 43.0 Å². The molecular formula is C15H22N2O3. The lowest BCUT2D eigenvalue weighted by Gasteiger charge is -2.42. The fourth-order valence-electron chi connectivity index (χ4n) is 2.92. The zero-order chi connectivity index (χ0) is 14.8. The van der Waals surface area contributed by atoms with Crippen LogP contribution in [0.15, 0.2) is 18.2 Å². The van der Waals surface area contributed by atoms with Crippen molar-refractivity contribution in [2.75, 3.05) is 6.54 Å². The number of carbonyl (C=O) groups excluding carboxylic acids is 1. The molecule has 0 radical (unpaired) electrons. The van der Waals surface area contributed by atoms with Crippen molar-refractivity contribution in [2.45, 2.75) is 38.1 Å². The predicted molar refractivity (Wildman–Crippen MR) is 76.7 cm³/mol.